The van der Waals surface area contributed by atoms with Crippen molar-refractivity contribution >= 4 is 33.5 Å². The molecule has 0 aliphatic rings. The van der Waals surface area contributed by atoms with Crippen LogP contribution < -0.4 is 0 Å². The molecule has 0 aliphatic carbocycles. The molecule has 1 rings (SSSR count). The van der Waals surface area contributed by atoms with E-state index in [-0.39, 0.29) is 21.6 Å². The number of aromatic nitrogens is 1. The van der Waals surface area contributed by atoms with Gasteiger partial charge in [0.2, 0.25) is 0 Å². The third-order valence-electron chi connectivity index (χ3n) is 1.80. The largest absolute Gasteiger partial charge is 0.481 e. The van der Waals surface area contributed by atoms with Crippen molar-refractivity contribution in [3.05, 3.63) is 28.0 Å². The molecule has 0 aromatic carbocycles. The number of hydrogen-bond donors (Lipinski definition) is 1. The Balaban J connectivity index is 3.25. The highest BCUT2D eigenvalue weighted by molar-refractivity contribution is 9.08. The lowest BCUT2D eigenvalue weighted by Crippen LogP contribution is -2.06. The van der Waals surface area contributed by atoms with E-state index in [0.29, 0.717) is 5.69 Å². The molecule has 16 heavy (non-hydrogen) atoms. The van der Waals surface area contributed by atoms with Gasteiger partial charge in [0.15, 0.2) is 0 Å². The Morgan fingerprint density at radius 2 is 2.25 bits per heavy atom. The predicted octanol–water partition coefficient (Wildman–Crippen LogP) is 3.19. The van der Waals surface area contributed by atoms with E-state index in [1.165, 1.54) is 0 Å². The summed E-state index contributed by atoms with van der Waals surface area (Å²) in [5, 5.41) is 8.57. The fraction of sp³-hybridized carbons (Fsp3) is 0.333. The van der Waals surface area contributed by atoms with E-state index < -0.39 is 18.8 Å². The van der Waals surface area contributed by atoms with Gasteiger partial charge < -0.3 is 5.11 Å². The van der Waals surface area contributed by atoms with Crippen LogP contribution in [0.1, 0.15) is 23.4 Å². The highest BCUT2D eigenvalue weighted by Crippen LogP contribution is 2.30. The third kappa shape index (κ3) is 3.12. The molecule has 0 amide bonds. The van der Waals surface area contributed by atoms with E-state index in [4.69, 9.17) is 16.7 Å². The van der Waals surface area contributed by atoms with E-state index in [9.17, 15) is 13.6 Å². The van der Waals surface area contributed by atoms with Gasteiger partial charge in [-0.1, -0.05) is 27.5 Å². The molecule has 0 saturated heterocycles. The average Bonchev–Trinajstić information content (AvgIpc) is 2.19. The topological polar surface area (TPSA) is 50.2 Å². The normalized spacial score (nSPS) is 10.8. The first-order valence-corrected chi connectivity index (χ1v) is 5.69. The van der Waals surface area contributed by atoms with Crippen LogP contribution in [0.5, 0.6) is 0 Å². The zero-order valence-electron chi connectivity index (χ0n) is 7.88. The molecule has 1 N–H and O–H groups in total. The van der Waals surface area contributed by atoms with Gasteiger partial charge in [-0.2, -0.15) is 0 Å². The number of rotatable bonds is 4. The molecule has 0 radical (unpaired) electrons. The summed E-state index contributed by atoms with van der Waals surface area (Å²) >= 11 is 8.72. The highest BCUT2D eigenvalue weighted by atomic mass is 79.9. The molecular weight excluding hydrogens is 307 g/mol. The van der Waals surface area contributed by atoms with Crippen molar-refractivity contribution < 1.29 is 18.7 Å². The lowest BCUT2D eigenvalue weighted by Gasteiger charge is -2.09. The lowest BCUT2D eigenvalue weighted by atomic mass is 10.1. The summed E-state index contributed by atoms with van der Waals surface area (Å²) in [6.07, 6.45) is -3.22. The smallest absolute Gasteiger partial charge is 0.309 e. The fourth-order valence-electron chi connectivity index (χ4n) is 1.15. The Hall–Kier alpha value is -0.750. The van der Waals surface area contributed by atoms with Gasteiger partial charge in [-0.15, -0.1) is 0 Å². The third-order valence-corrected chi connectivity index (χ3v) is 2.81. The van der Waals surface area contributed by atoms with E-state index in [2.05, 4.69) is 20.9 Å². The van der Waals surface area contributed by atoms with E-state index in [1.807, 2.05) is 0 Å². The van der Waals surface area contributed by atoms with Crippen molar-refractivity contribution in [2.45, 2.75) is 18.2 Å². The van der Waals surface area contributed by atoms with Gasteiger partial charge in [-0.25, -0.2) is 8.78 Å². The Morgan fingerprint density at radius 3 is 2.69 bits per heavy atom. The van der Waals surface area contributed by atoms with Crippen molar-refractivity contribution in [1.82, 2.24) is 4.98 Å². The number of hydrogen-bond acceptors (Lipinski definition) is 2. The molecule has 0 bridgehead atoms. The van der Waals surface area contributed by atoms with Gasteiger partial charge in [0, 0.05) is 10.9 Å². The minimum absolute atomic E-state index is 0.0404. The van der Waals surface area contributed by atoms with Crippen molar-refractivity contribution in [3.63, 3.8) is 0 Å². The van der Waals surface area contributed by atoms with Crippen LogP contribution in [-0.4, -0.2) is 16.1 Å². The van der Waals surface area contributed by atoms with E-state index in [0.717, 1.165) is 6.07 Å². The van der Waals surface area contributed by atoms with Crippen molar-refractivity contribution in [1.29, 1.82) is 0 Å². The van der Waals surface area contributed by atoms with Crippen LogP contribution in [0.4, 0.5) is 8.78 Å². The quantitative estimate of drug-likeness (QED) is 0.868. The van der Waals surface area contributed by atoms with Crippen LogP contribution in [0.2, 0.25) is 5.02 Å². The second-order valence-electron chi connectivity index (χ2n) is 2.97. The van der Waals surface area contributed by atoms with Crippen LogP contribution in [0.3, 0.4) is 0 Å². The van der Waals surface area contributed by atoms with Crippen LogP contribution >= 0.6 is 27.5 Å². The molecule has 1 aromatic rings. The predicted molar refractivity (Wildman–Crippen MR) is 58.2 cm³/mol. The zero-order valence-corrected chi connectivity index (χ0v) is 10.2. The molecule has 88 valence electrons. The second kappa shape index (κ2) is 5.54. The van der Waals surface area contributed by atoms with Crippen LogP contribution in [0, 0.1) is 0 Å². The molecule has 0 aliphatic heterocycles. The van der Waals surface area contributed by atoms with E-state index >= 15 is 0 Å². The van der Waals surface area contributed by atoms with Crippen LogP contribution in [0.25, 0.3) is 0 Å². The lowest BCUT2D eigenvalue weighted by molar-refractivity contribution is -0.136. The number of aliphatic carboxylic acids is 1. The number of halogens is 4. The summed E-state index contributed by atoms with van der Waals surface area (Å²) in [6, 6.07) is 1.16. The van der Waals surface area contributed by atoms with Gasteiger partial charge in [-0.05, 0) is 6.07 Å². The monoisotopic (exact) mass is 313 g/mol. The summed E-state index contributed by atoms with van der Waals surface area (Å²) in [6.45, 7) is 0. The molecule has 7 heteroatoms. The van der Waals surface area contributed by atoms with Crippen molar-refractivity contribution in [2.75, 3.05) is 0 Å². The number of carbonyl (C=O) groups is 1. The molecule has 0 unspecified atom stereocenters. The standard InChI is InChI=1S/C9H7BrClF2NO2/c10-3-4-1-5(9(12)13)8(11)6(14-4)2-7(15)16/h1,9H,2-3H2,(H,15,16). The average molecular weight is 315 g/mol. The summed E-state index contributed by atoms with van der Waals surface area (Å²) in [5.74, 6) is -1.17. The van der Waals surface area contributed by atoms with Crippen LogP contribution in [-0.2, 0) is 16.5 Å². The van der Waals surface area contributed by atoms with Crippen molar-refractivity contribution in [3.8, 4) is 0 Å². The van der Waals surface area contributed by atoms with Gasteiger partial charge in [-0.3, -0.25) is 9.78 Å². The first-order chi connectivity index (χ1) is 7.45. The molecule has 0 atom stereocenters. The first kappa shape index (κ1) is 13.3. The van der Waals surface area contributed by atoms with Gasteiger partial charge in [0.05, 0.1) is 22.8 Å². The number of alkyl halides is 3. The number of carboxylic acids is 1. The zero-order chi connectivity index (χ0) is 12.3. The molecule has 0 spiro atoms. The number of pyridine rings is 1. The Morgan fingerprint density at radius 1 is 1.62 bits per heavy atom. The Bertz CT molecular complexity index is 415. The summed E-state index contributed by atoms with van der Waals surface area (Å²) in [7, 11) is 0. The molecule has 1 heterocycles. The first-order valence-electron chi connectivity index (χ1n) is 4.19. The molecule has 3 nitrogen and oxygen atoms in total. The molecule has 0 fully saturated rings. The van der Waals surface area contributed by atoms with Gasteiger partial charge >= 0.3 is 5.97 Å². The molecular formula is C9H7BrClF2NO2. The summed E-state index contributed by atoms with van der Waals surface area (Å²) < 4.78 is 25.2. The second-order valence-corrected chi connectivity index (χ2v) is 3.91. The fourth-order valence-corrected chi connectivity index (χ4v) is 1.69. The molecule has 0 saturated carbocycles. The maximum absolute atomic E-state index is 12.6. The van der Waals surface area contributed by atoms with Crippen LogP contribution in [0.15, 0.2) is 6.07 Å². The van der Waals surface area contributed by atoms with Crippen molar-refractivity contribution in [2.24, 2.45) is 0 Å². The summed E-state index contributed by atoms with van der Waals surface area (Å²) in [5.41, 5.74) is -0.0975. The molecule has 1 aromatic heterocycles. The summed E-state index contributed by atoms with van der Waals surface area (Å²) in [4.78, 5) is 14.4. The Kier molecular flexibility index (Phi) is 4.61. The maximum atomic E-state index is 12.6. The number of nitrogens with zero attached hydrogens (tertiary/aromatic N) is 1. The maximum Gasteiger partial charge on any atom is 0.309 e. The minimum atomic E-state index is -2.75. The Labute approximate surface area is 104 Å². The minimum Gasteiger partial charge on any atom is -0.481 e. The SMILES string of the molecule is O=C(O)Cc1nc(CBr)cc(C(F)F)c1Cl. The number of carboxylic acid groups (broad SMARTS) is 1. The highest BCUT2D eigenvalue weighted by Gasteiger charge is 2.19. The van der Waals surface area contributed by atoms with Gasteiger partial charge in [0.1, 0.15) is 0 Å². The van der Waals surface area contributed by atoms with E-state index in [1.54, 1.807) is 0 Å². The van der Waals surface area contributed by atoms with Gasteiger partial charge in [0.25, 0.3) is 6.43 Å².